The summed E-state index contributed by atoms with van der Waals surface area (Å²) in [7, 11) is 0. The first-order valence-electron chi connectivity index (χ1n) is 4.93. The van der Waals surface area contributed by atoms with Gasteiger partial charge in [-0.1, -0.05) is 12.2 Å². The largest absolute Gasteiger partial charge is 0.466 e. The SMILES string of the molecule is CCOC(=O)[C@H]1C2C=CC(O2)[C@@H]1C(F)F. The van der Waals surface area contributed by atoms with Crippen molar-refractivity contribution in [1.82, 2.24) is 0 Å². The van der Waals surface area contributed by atoms with E-state index in [9.17, 15) is 13.6 Å². The van der Waals surface area contributed by atoms with Crippen LogP contribution in [0, 0.1) is 11.8 Å². The van der Waals surface area contributed by atoms with Gasteiger partial charge in [-0.25, -0.2) is 8.78 Å². The van der Waals surface area contributed by atoms with Crippen molar-refractivity contribution in [2.75, 3.05) is 6.61 Å². The molecule has 0 aliphatic carbocycles. The lowest BCUT2D eigenvalue weighted by molar-refractivity contribution is -0.152. The number of fused-ring (bicyclic) bond motifs is 2. The normalized spacial score (nSPS) is 37.6. The summed E-state index contributed by atoms with van der Waals surface area (Å²) in [6, 6.07) is 0. The molecule has 4 atom stereocenters. The van der Waals surface area contributed by atoms with E-state index in [-0.39, 0.29) is 6.61 Å². The molecular weight excluding hydrogens is 206 g/mol. The maximum absolute atomic E-state index is 12.7. The molecule has 5 heteroatoms. The van der Waals surface area contributed by atoms with Gasteiger partial charge in [0.15, 0.2) is 0 Å². The summed E-state index contributed by atoms with van der Waals surface area (Å²) < 4.78 is 35.5. The lowest BCUT2D eigenvalue weighted by atomic mass is 9.83. The predicted octanol–water partition coefficient (Wildman–Crippen LogP) is 1.38. The second-order valence-corrected chi connectivity index (χ2v) is 3.64. The maximum atomic E-state index is 12.7. The maximum Gasteiger partial charge on any atom is 0.312 e. The molecule has 3 nitrogen and oxygen atoms in total. The Hall–Kier alpha value is -0.970. The highest BCUT2D eigenvalue weighted by Gasteiger charge is 2.54. The van der Waals surface area contributed by atoms with Crippen LogP contribution in [0.5, 0.6) is 0 Å². The Morgan fingerprint density at radius 2 is 2.13 bits per heavy atom. The molecule has 0 aromatic carbocycles. The van der Waals surface area contributed by atoms with Crippen LogP contribution in [-0.4, -0.2) is 31.2 Å². The van der Waals surface area contributed by atoms with Crippen molar-refractivity contribution in [3.05, 3.63) is 12.2 Å². The summed E-state index contributed by atoms with van der Waals surface area (Å²) in [6.07, 6.45) is -0.473. The molecule has 84 valence electrons. The third-order valence-corrected chi connectivity index (χ3v) is 2.80. The molecule has 0 N–H and O–H groups in total. The molecule has 2 heterocycles. The van der Waals surface area contributed by atoms with Gasteiger partial charge in [0, 0.05) is 0 Å². The van der Waals surface area contributed by atoms with Crippen LogP contribution in [0.2, 0.25) is 0 Å². The molecule has 15 heavy (non-hydrogen) atoms. The Bertz CT molecular complexity index is 290. The number of ether oxygens (including phenoxy) is 2. The molecule has 2 bridgehead atoms. The van der Waals surface area contributed by atoms with E-state index < -0.39 is 36.4 Å². The molecule has 2 rings (SSSR count). The summed E-state index contributed by atoms with van der Waals surface area (Å²) in [4.78, 5) is 11.5. The van der Waals surface area contributed by atoms with Crippen molar-refractivity contribution in [1.29, 1.82) is 0 Å². The van der Waals surface area contributed by atoms with E-state index in [4.69, 9.17) is 9.47 Å². The monoisotopic (exact) mass is 218 g/mol. The minimum absolute atomic E-state index is 0.201. The molecule has 0 amide bonds. The average molecular weight is 218 g/mol. The number of esters is 1. The van der Waals surface area contributed by atoms with Crippen molar-refractivity contribution in [2.24, 2.45) is 11.8 Å². The number of halogens is 2. The zero-order valence-corrected chi connectivity index (χ0v) is 8.23. The number of carbonyl (C=O) groups is 1. The lowest BCUT2D eigenvalue weighted by Gasteiger charge is -2.22. The predicted molar refractivity (Wildman–Crippen MR) is 47.4 cm³/mol. The number of carbonyl (C=O) groups excluding carboxylic acids is 1. The Kier molecular flexibility index (Phi) is 2.73. The zero-order valence-electron chi connectivity index (χ0n) is 8.23. The van der Waals surface area contributed by atoms with Crippen LogP contribution < -0.4 is 0 Å². The first-order valence-corrected chi connectivity index (χ1v) is 4.93. The Labute approximate surface area is 86.0 Å². The van der Waals surface area contributed by atoms with Gasteiger partial charge in [-0.3, -0.25) is 4.79 Å². The first-order chi connectivity index (χ1) is 7.15. The van der Waals surface area contributed by atoms with Crippen LogP contribution in [0.1, 0.15) is 6.92 Å². The highest BCUT2D eigenvalue weighted by atomic mass is 19.3. The second kappa shape index (κ2) is 3.89. The van der Waals surface area contributed by atoms with E-state index in [1.54, 1.807) is 19.1 Å². The highest BCUT2D eigenvalue weighted by Crippen LogP contribution is 2.42. The van der Waals surface area contributed by atoms with Gasteiger partial charge in [-0.2, -0.15) is 0 Å². The van der Waals surface area contributed by atoms with Gasteiger partial charge >= 0.3 is 5.97 Å². The van der Waals surface area contributed by atoms with Crippen LogP contribution >= 0.6 is 0 Å². The van der Waals surface area contributed by atoms with E-state index in [1.807, 2.05) is 0 Å². The van der Waals surface area contributed by atoms with E-state index >= 15 is 0 Å². The fourth-order valence-electron chi connectivity index (χ4n) is 2.17. The fourth-order valence-corrected chi connectivity index (χ4v) is 2.17. The molecule has 2 unspecified atom stereocenters. The molecule has 0 radical (unpaired) electrons. The van der Waals surface area contributed by atoms with Gasteiger partial charge in [0.25, 0.3) is 0 Å². The van der Waals surface area contributed by atoms with Crippen LogP contribution in [0.25, 0.3) is 0 Å². The molecule has 0 saturated carbocycles. The number of rotatable bonds is 3. The Morgan fingerprint density at radius 1 is 1.47 bits per heavy atom. The molecule has 1 fully saturated rings. The number of hydrogen-bond donors (Lipinski definition) is 0. The van der Waals surface area contributed by atoms with Crippen LogP contribution in [0.4, 0.5) is 8.78 Å². The zero-order chi connectivity index (χ0) is 11.0. The molecule has 1 saturated heterocycles. The van der Waals surface area contributed by atoms with Crippen molar-refractivity contribution < 1.29 is 23.0 Å². The standard InChI is InChI=1S/C10H12F2O3/c1-2-14-10(13)8-6-4-3-5(15-6)7(8)9(11)12/h3-9H,2H2,1H3/t5?,6?,7-,8-/m0/s1. The quantitative estimate of drug-likeness (QED) is 0.530. The summed E-state index contributed by atoms with van der Waals surface area (Å²) >= 11 is 0. The molecule has 0 aromatic rings. The minimum atomic E-state index is -2.56. The van der Waals surface area contributed by atoms with Crippen LogP contribution in [0.15, 0.2) is 12.2 Å². The summed E-state index contributed by atoms with van der Waals surface area (Å²) in [6.45, 7) is 1.85. The highest BCUT2D eigenvalue weighted by molar-refractivity contribution is 5.75. The summed E-state index contributed by atoms with van der Waals surface area (Å²) in [5, 5.41) is 0. The van der Waals surface area contributed by atoms with Crippen molar-refractivity contribution >= 4 is 5.97 Å². The van der Waals surface area contributed by atoms with E-state index in [0.29, 0.717) is 0 Å². The third-order valence-electron chi connectivity index (χ3n) is 2.80. The van der Waals surface area contributed by atoms with E-state index in [1.165, 1.54) is 0 Å². The van der Waals surface area contributed by atoms with Gasteiger partial charge in [0.1, 0.15) is 0 Å². The van der Waals surface area contributed by atoms with Gasteiger partial charge in [0.2, 0.25) is 6.43 Å². The minimum Gasteiger partial charge on any atom is -0.466 e. The van der Waals surface area contributed by atoms with Gasteiger partial charge in [-0.15, -0.1) is 0 Å². The molecule has 0 spiro atoms. The van der Waals surface area contributed by atoms with Crippen molar-refractivity contribution in [2.45, 2.75) is 25.6 Å². The van der Waals surface area contributed by atoms with Crippen molar-refractivity contribution in [3.8, 4) is 0 Å². The molecule has 2 aliphatic heterocycles. The average Bonchev–Trinajstić information content (AvgIpc) is 2.76. The van der Waals surface area contributed by atoms with Gasteiger partial charge < -0.3 is 9.47 Å². The van der Waals surface area contributed by atoms with Gasteiger partial charge in [0.05, 0.1) is 30.7 Å². The number of hydrogen-bond acceptors (Lipinski definition) is 3. The van der Waals surface area contributed by atoms with Crippen LogP contribution in [0.3, 0.4) is 0 Å². The van der Waals surface area contributed by atoms with Gasteiger partial charge in [-0.05, 0) is 6.92 Å². The summed E-state index contributed by atoms with van der Waals surface area (Å²) in [5.74, 6) is -2.49. The first kappa shape index (κ1) is 10.5. The molecule has 2 aliphatic rings. The smallest absolute Gasteiger partial charge is 0.312 e. The van der Waals surface area contributed by atoms with E-state index in [2.05, 4.69) is 0 Å². The molecule has 0 aromatic heterocycles. The Balaban J connectivity index is 2.15. The van der Waals surface area contributed by atoms with E-state index in [0.717, 1.165) is 0 Å². The molecular formula is C10H12F2O3. The third kappa shape index (κ3) is 1.65. The second-order valence-electron chi connectivity index (χ2n) is 3.64. The number of alkyl halides is 2. The fraction of sp³-hybridized carbons (Fsp3) is 0.700. The Morgan fingerprint density at radius 3 is 2.73 bits per heavy atom. The summed E-state index contributed by atoms with van der Waals surface area (Å²) in [5.41, 5.74) is 0. The lowest BCUT2D eigenvalue weighted by Crippen LogP contribution is -2.36. The topological polar surface area (TPSA) is 35.5 Å². The van der Waals surface area contributed by atoms with Crippen molar-refractivity contribution in [3.63, 3.8) is 0 Å². The van der Waals surface area contributed by atoms with Crippen LogP contribution in [-0.2, 0) is 14.3 Å².